The van der Waals surface area contributed by atoms with Crippen LogP contribution in [-0.2, 0) is 22.6 Å². The molecule has 2 amide bonds. The van der Waals surface area contributed by atoms with E-state index >= 15 is 0 Å². The van der Waals surface area contributed by atoms with Gasteiger partial charge in [0.2, 0.25) is 11.8 Å². The SMILES string of the molecule is CCC(C)C(=O)N1Cc2ccccc2CC1C(=O)N1CCC(N2CCNCC2)C1. The molecule has 29 heavy (non-hydrogen) atoms. The minimum atomic E-state index is -0.367. The zero-order valence-electron chi connectivity index (χ0n) is 17.8. The molecule has 0 radical (unpaired) electrons. The highest BCUT2D eigenvalue weighted by Crippen LogP contribution is 2.28. The molecular weight excluding hydrogens is 364 g/mol. The summed E-state index contributed by atoms with van der Waals surface area (Å²) in [6.45, 7) is 10.3. The molecule has 3 atom stereocenters. The number of nitrogens with one attached hydrogen (secondary N) is 1. The first-order chi connectivity index (χ1) is 14.1. The van der Waals surface area contributed by atoms with Crippen LogP contribution in [0.4, 0.5) is 0 Å². The molecule has 0 aliphatic carbocycles. The number of rotatable bonds is 4. The fraction of sp³-hybridized carbons (Fsp3) is 0.652. The van der Waals surface area contributed by atoms with E-state index in [1.54, 1.807) is 0 Å². The van der Waals surface area contributed by atoms with Crippen LogP contribution < -0.4 is 5.32 Å². The van der Waals surface area contributed by atoms with E-state index in [-0.39, 0.29) is 23.8 Å². The third kappa shape index (κ3) is 4.19. The number of fused-ring (bicyclic) bond motifs is 1. The van der Waals surface area contributed by atoms with E-state index in [2.05, 4.69) is 22.3 Å². The molecule has 3 heterocycles. The van der Waals surface area contributed by atoms with Crippen LogP contribution in [0.5, 0.6) is 0 Å². The molecule has 3 unspecified atom stereocenters. The van der Waals surface area contributed by atoms with Crippen LogP contribution in [0.3, 0.4) is 0 Å². The van der Waals surface area contributed by atoms with Gasteiger partial charge in [0.15, 0.2) is 0 Å². The van der Waals surface area contributed by atoms with Gasteiger partial charge in [-0.2, -0.15) is 0 Å². The molecule has 0 bridgehead atoms. The molecule has 2 saturated heterocycles. The first kappa shape index (κ1) is 20.4. The van der Waals surface area contributed by atoms with Gasteiger partial charge in [-0.25, -0.2) is 0 Å². The van der Waals surface area contributed by atoms with Crippen LogP contribution in [0.15, 0.2) is 24.3 Å². The molecular formula is C23H34N4O2. The molecule has 158 valence electrons. The maximum Gasteiger partial charge on any atom is 0.245 e. The third-order valence-corrected chi connectivity index (χ3v) is 6.99. The number of piperazine rings is 1. The highest BCUT2D eigenvalue weighted by Gasteiger charge is 2.40. The number of likely N-dealkylation sites (tertiary alicyclic amines) is 1. The zero-order valence-corrected chi connectivity index (χ0v) is 17.8. The second-order valence-corrected chi connectivity index (χ2v) is 8.78. The standard InChI is InChI=1S/C23H34N4O2/c1-3-17(2)22(28)27-15-19-7-5-4-6-18(19)14-21(27)23(29)26-11-8-20(16-26)25-12-9-24-10-13-25/h4-7,17,20-21,24H,3,8-16H2,1-2H3. The van der Waals surface area contributed by atoms with Crippen molar-refractivity contribution in [1.82, 2.24) is 20.0 Å². The minimum Gasteiger partial charge on any atom is -0.339 e. The van der Waals surface area contributed by atoms with Crippen LogP contribution in [0.1, 0.15) is 37.8 Å². The predicted octanol–water partition coefficient (Wildman–Crippen LogP) is 1.49. The first-order valence-corrected chi connectivity index (χ1v) is 11.2. The van der Waals surface area contributed by atoms with Crippen LogP contribution in [0.2, 0.25) is 0 Å². The Morgan fingerprint density at radius 1 is 1.14 bits per heavy atom. The Morgan fingerprint density at radius 3 is 2.59 bits per heavy atom. The third-order valence-electron chi connectivity index (χ3n) is 6.99. The quantitative estimate of drug-likeness (QED) is 0.835. The summed E-state index contributed by atoms with van der Waals surface area (Å²) in [5, 5.41) is 3.40. The lowest BCUT2D eigenvalue weighted by atomic mass is 9.91. The Morgan fingerprint density at radius 2 is 1.86 bits per heavy atom. The highest BCUT2D eigenvalue weighted by atomic mass is 16.2. The van der Waals surface area contributed by atoms with Gasteiger partial charge in [-0.05, 0) is 24.0 Å². The molecule has 1 aromatic rings. The van der Waals surface area contributed by atoms with Crippen molar-refractivity contribution >= 4 is 11.8 Å². The zero-order chi connectivity index (χ0) is 20.4. The first-order valence-electron chi connectivity index (χ1n) is 11.2. The van der Waals surface area contributed by atoms with Crippen molar-refractivity contribution in [3.63, 3.8) is 0 Å². The molecule has 6 nitrogen and oxygen atoms in total. The van der Waals surface area contributed by atoms with E-state index < -0.39 is 0 Å². The molecule has 3 aliphatic rings. The average molecular weight is 399 g/mol. The van der Waals surface area contributed by atoms with Crippen molar-refractivity contribution < 1.29 is 9.59 Å². The van der Waals surface area contributed by atoms with Gasteiger partial charge >= 0.3 is 0 Å². The number of hydrogen-bond donors (Lipinski definition) is 1. The van der Waals surface area contributed by atoms with Crippen LogP contribution in [0.25, 0.3) is 0 Å². The normalized spacial score (nSPS) is 26.3. The maximum atomic E-state index is 13.6. The second-order valence-electron chi connectivity index (χ2n) is 8.78. The fourth-order valence-corrected chi connectivity index (χ4v) is 4.93. The molecule has 0 spiro atoms. The Kier molecular flexibility index (Phi) is 6.20. The lowest BCUT2D eigenvalue weighted by Crippen LogP contribution is -2.55. The van der Waals surface area contributed by atoms with Gasteiger partial charge in [-0.1, -0.05) is 38.1 Å². The topological polar surface area (TPSA) is 55.9 Å². The van der Waals surface area contributed by atoms with E-state index in [4.69, 9.17) is 0 Å². The number of nitrogens with zero attached hydrogens (tertiary/aromatic N) is 3. The molecule has 1 aromatic carbocycles. The van der Waals surface area contributed by atoms with Gasteiger partial charge < -0.3 is 15.1 Å². The van der Waals surface area contributed by atoms with Crippen molar-refractivity contribution in [2.45, 2.75) is 51.7 Å². The summed E-state index contributed by atoms with van der Waals surface area (Å²) in [5.41, 5.74) is 2.38. The Hall–Kier alpha value is -1.92. The molecule has 6 heteroatoms. The van der Waals surface area contributed by atoms with E-state index in [9.17, 15) is 9.59 Å². The molecule has 4 rings (SSSR count). The number of carbonyl (C=O) groups is 2. The summed E-state index contributed by atoms with van der Waals surface area (Å²) in [7, 11) is 0. The Balaban J connectivity index is 1.51. The molecule has 1 N–H and O–H groups in total. The van der Waals surface area contributed by atoms with Crippen LogP contribution in [0, 0.1) is 5.92 Å². The van der Waals surface area contributed by atoms with E-state index in [1.807, 2.05) is 35.8 Å². The lowest BCUT2D eigenvalue weighted by Gasteiger charge is -2.39. The van der Waals surface area contributed by atoms with E-state index in [0.29, 0.717) is 19.0 Å². The summed E-state index contributed by atoms with van der Waals surface area (Å²) in [6.07, 6.45) is 2.47. The van der Waals surface area contributed by atoms with Gasteiger partial charge in [-0.3, -0.25) is 14.5 Å². The molecule has 0 aromatic heterocycles. The van der Waals surface area contributed by atoms with Gasteiger partial charge in [0.1, 0.15) is 6.04 Å². The highest BCUT2D eigenvalue weighted by molar-refractivity contribution is 5.89. The van der Waals surface area contributed by atoms with Crippen molar-refractivity contribution in [3.8, 4) is 0 Å². The predicted molar refractivity (Wildman–Crippen MR) is 113 cm³/mol. The summed E-state index contributed by atoms with van der Waals surface area (Å²) in [4.78, 5) is 33.1. The van der Waals surface area contributed by atoms with Gasteiger partial charge in [-0.15, -0.1) is 0 Å². The minimum absolute atomic E-state index is 0.0530. The summed E-state index contributed by atoms with van der Waals surface area (Å²) in [6, 6.07) is 8.33. The molecule has 2 fully saturated rings. The maximum absolute atomic E-state index is 13.6. The van der Waals surface area contributed by atoms with E-state index in [0.717, 1.165) is 52.1 Å². The molecule has 0 saturated carbocycles. The van der Waals surface area contributed by atoms with Gasteiger partial charge in [0.05, 0.1) is 0 Å². The largest absolute Gasteiger partial charge is 0.339 e. The van der Waals surface area contributed by atoms with Crippen molar-refractivity contribution in [2.24, 2.45) is 5.92 Å². The summed E-state index contributed by atoms with van der Waals surface area (Å²) in [5.74, 6) is 0.190. The Bertz CT molecular complexity index is 746. The van der Waals surface area contributed by atoms with Gasteiger partial charge in [0, 0.05) is 64.2 Å². The monoisotopic (exact) mass is 398 g/mol. The van der Waals surface area contributed by atoms with Gasteiger partial charge in [0.25, 0.3) is 0 Å². The molecule has 3 aliphatic heterocycles. The van der Waals surface area contributed by atoms with Crippen molar-refractivity contribution in [1.29, 1.82) is 0 Å². The summed E-state index contributed by atoms with van der Waals surface area (Å²) < 4.78 is 0. The number of hydrogen-bond acceptors (Lipinski definition) is 4. The Labute approximate surface area is 174 Å². The van der Waals surface area contributed by atoms with E-state index in [1.165, 1.54) is 11.1 Å². The van der Waals surface area contributed by atoms with Crippen LogP contribution >= 0.6 is 0 Å². The fourth-order valence-electron chi connectivity index (χ4n) is 4.93. The summed E-state index contributed by atoms with van der Waals surface area (Å²) >= 11 is 0. The lowest BCUT2D eigenvalue weighted by molar-refractivity contribution is -0.148. The number of carbonyl (C=O) groups excluding carboxylic acids is 2. The smallest absolute Gasteiger partial charge is 0.245 e. The van der Waals surface area contributed by atoms with Crippen LogP contribution in [-0.4, -0.2) is 77.9 Å². The number of amides is 2. The van der Waals surface area contributed by atoms with Crippen molar-refractivity contribution in [3.05, 3.63) is 35.4 Å². The average Bonchev–Trinajstić information content (AvgIpc) is 3.27. The second kappa shape index (κ2) is 8.84. The number of benzene rings is 1. The van der Waals surface area contributed by atoms with Crippen molar-refractivity contribution in [2.75, 3.05) is 39.3 Å².